The maximum atomic E-state index is 9.54. The van der Waals surface area contributed by atoms with E-state index in [1.807, 2.05) is 22.3 Å². The first-order valence-corrected chi connectivity index (χ1v) is 10.8. The molecule has 4 aromatic heterocycles. The van der Waals surface area contributed by atoms with Gasteiger partial charge in [-0.2, -0.15) is 15.5 Å². The second-order valence-corrected chi connectivity index (χ2v) is 8.71. The van der Waals surface area contributed by atoms with E-state index < -0.39 is 6.10 Å². The molecule has 1 atom stereocenters. The molecule has 0 saturated carbocycles. The molecule has 3 N–H and O–H groups in total. The van der Waals surface area contributed by atoms with Gasteiger partial charge in [0.05, 0.1) is 59.1 Å². The molecule has 1 saturated heterocycles. The predicted molar refractivity (Wildman–Crippen MR) is 117 cm³/mol. The standard InChI is InChI=1S/C20H21N9OS/c1-13(30)8-28-10-15(7-23-28)25-19-26-16-2-5-31-18(16)17(27-19)14-6-24-29(9-14)20(3-4-21)11-22-12-20/h2,5-7,9-10,13,22,30H,3,8,11-12H2,1H3,(H,25,26,27)/t13-/m0/s1. The maximum absolute atomic E-state index is 9.54. The van der Waals surface area contributed by atoms with Crippen LogP contribution in [0.4, 0.5) is 11.6 Å². The van der Waals surface area contributed by atoms with Gasteiger partial charge in [-0.15, -0.1) is 11.3 Å². The van der Waals surface area contributed by atoms with E-state index in [0.29, 0.717) is 18.9 Å². The van der Waals surface area contributed by atoms with E-state index in [-0.39, 0.29) is 5.54 Å². The SMILES string of the molecule is C[C@H](O)Cn1cc(Nc2nc(-c3cnn(C4(CC#N)CNC4)c3)c3sccc3n2)cn1. The van der Waals surface area contributed by atoms with E-state index >= 15 is 0 Å². The minimum atomic E-state index is -0.482. The highest BCUT2D eigenvalue weighted by Crippen LogP contribution is 2.33. The summed E-state index contributed by atoms with van der Waals surface area (Å²) < 4.78 is 4.54. The summed E-state index contributed by atoms with van der Waals surface area (Å²) in [7, 11) is 0. The van der Waals surface area contributed by atoms with Gasteiger partial charge in [0, 0.05) is 31.0 Å². The fourth-order valence-corrected chi connectivity index (χ4v) is 4.52. The first-order chi connectivity index (χ1) is 15.1. The molecule has 0 unspecified atom stereocenters. The van der Waals surface area contributed by atoms with Gasteiger partial charge in [-0.25, -0.2) is 9.97 Å². The smallest absolute Gasteiger partial charge is 0.228 e. The summed E-state index contributed by atoms with van der Waals surface area (Å²) in [5.74, 6) is 0.460. The summed E-state index contributed by atoms with van der Waals surface area (Å²) >= 11 is 1.58. The first-order valence-electron chi connectivity index (χ1n) is 9.92. The third-order valence-electron chi connectivity index (χ3n) is 5.30. The number of fused-ring (bicyclic) bond motifs is 1. The molecule has 158 valence electrons. The molecule has 4 aromatic rings. The predicted octanol–water partition coefficient (Wildman–Crippen LogP) is 2.09. The number of thiophene rings is 1. The maximum Gasteiger partial charge on any atom is 0.228 e. The number of aliphatic hydroxyl groups excluding tert-OH is 1. The molecular weight excluding hydrogens is 414 g/mol. The van der Waals surface area contributed by atoms with Crippen molar-refractivity contribution < 1.29 is 5.11 Å². The van der Waals surface area contributed by atoms with Gasteiger partial charge in [-0.05, 0) is 18.4 Å². The van der Waals surface area contributed by atoms with Crippen LogP contribution in [0.2, 0.25) is 0 Å². The lowest BCUT2D eigenvalue weighted by atomic mass is 9.89. The minimum absolute atomic E-state index is 0.298. The van der Waals surface area contributed by atoms with Crippen molar-refractivity contribution in [3.05, 3.63) is 36.2 Å². The number of aliphatic hydroxyl groups is 1. The molecule has 11 heteroatoms. The van der Waals surface area contributed by atoms with E-state index in [0.717, 1.165) is 40.3 Å². The van der Waals surface area contributed by atoms with Crippen molar-refractivity contribution in [2.75, 3.05) is 18.4 Å². The van der Waals surface area contributed by atoms with Gasteiger partial charge >= 0.3 is 0 Å². The number of rotatable bonds is 7. The number of hydrogen-bond acceptors (Lipinski definition) is 9. The number of aromatic nitrogens is 6. The summed E-state index contributed by atoms with van der Waals surface area (Å²) in [6, 6.07) is 4.24. The van der Waals surface area contributed by atoms with Crippen molar-refractivity contribution in [3.63, 3.8) is 0 Å². The minimum Gasteiger partial charge on any atom is -0.391 e. The fourth-order valence-electron chi connectivity index (χ4n) is 3.68. The zero-order chi connectivity index (χ0) is 21.4. The Kier molecular flexibility index (Phi) is 4.90. The Morgan fingerprint density at radius 1 is 1.32 bits per heavy atom. The molecule has 31 heavy (non-hydrogen) atoms. The van der Waals surface area contributed by atoms with Gasteiger partial charge in [-0.3, -0.25) is 9.36 Å². The van der Waals surface area contributed by atoms with Crippen LogP contribution in [-0.2, 0) is 12.1 Å². The molecule has 0 aliphatic carbocycles. The quantitative estimate of drug-likeness (QED) is 0.402. The molecule has 0 radical (unpaired) electrons. The molecule has 0 aromatic carbocycles. The van der Waals surface area contributed by atoms with Crippen molar-refractivity contribution in [1.29, 1.82) is 5.26 Å². The van der Waals surface area contributed by atoms with Crippen LogP contribution in [0.5, 0.6) is 0 Å². The molecule has 0 spiro atoms. The van der Waals surface area contributed by atoms with Crippen LogP contribution < -0.4 is 10.6 Å². The normalized spacial score (nSPS) is 16.0. The van der Waals surface area contributed by atoms with Crippen LogP contribution in [0.15, 0.2) is 36.2 Å². The van der Waals surface area contributed by atoms with Gasteiger partial charge in [0.25, 0.3) is 0 Å². The van der Waals surface area contributed by atoms with E-state index in [4.69, 9.17) is 4.98 Å². The Balaban J connectivity index is 1.48. The molecule has 10 nitrogen and oxygen atoms in total. The third kappa shape index (κ3) is 3.65. The second kappa shape index (κ2) is 7.73. The third-order valence-corrected chi connectivity index (χ3v) is 6.21. The molecular formula is C20H21N9OS. The number of hydrogen-bond donors (Lipinski definition) is 3. The molecule has 1 aliphatic heterocycles. The Morgan fingerprint density at radius 2 is 2.19 bits per heavy atom. The van der Waals surface area contributed by atoms with Gasteiger partial charge < -0.3 is 15.7 Å². The molecule has 1 fully saturated rings. The Morgan fingerprint density at radius 3 is 2.94 bits per heavy atom. The van der Waals surface area contributed by atoms with E-state index in [1.54, 1.807) is 41.5 Å². The number of nitrogens with one attached hydrogen (secondary N) is 2. The largest absolute Gasteiger partial charge is 0.391 e. The van der Waals surface area contributed by atoms with Crippen molar-refractivity contribution >= 4 is 33.2 Å². The van der Waals surface area contributed by atoms with Crippen molar-refractivity contribution in [2.45, 2.75) is 31.5 Å². The molecule has 5 heterocycles. The highest BCUT2D eigenvalue weighted by atomic mass is 32.1. The lowest BCUT2D eigenvalue weighted by Gasteiger charge is -2.41. The summed E-state index contributed by atoms with van der Waals surface area (Å²) in [6.07, 6.45) is 7.16. The van der Waals surface area contributed by atoms with Crippen LogP contribution >= 0.6 is 11.3 Å². The second-order valence-electron chi connectivity index (χ2n) is 7.79. The van der Waals surface area contributed by atoms with Crippen LogP contribution in [0.3, 0.4) is 0 Å². The van der Waals surface area contributed by atoms with Crippen LogP contribution in [0.25, 0.3) is 21.5 Å². The molecule has 5 rings (SSSR count). The molecule has 0 amide bonds. The van der Waals surface area contributed by atoms with Crippen LogP contribution in [-0.4, -0.2) is 53.8 Å². The zero-order valence-corrected chi connectivity index (χ0v) is 17.7. The zero-order valence-electron chi connectivity index (χ0n) is 16.9. The van der Waals surface area contributed by atoms with E-state index in [1.165, 1.54) is 0 Å². The van der Waals surface area contributed by atoms with Crippen molar-refractivity contribution in [2.24, 2.45) is 0 Å². The van der Waals surface area contributed by atoms with Crippen LogP contribution in [0, 0.1) is 11.3 Å². The molecule has 0 bridgehead atoms. The lowest BCUT2D eigenvalue weighted by molar-refractivity contribution is 0.160. The summed E-state index contributed by atoms with van der Waals surface area (Å²) in [5.41, 5.74) is 2.97. The highest BCUT2D eigenvalue weighted by molar-refractivity contribution is 7.17. The van der Waals surface area contributed by atoms with Gasteiger partial charge in [-0.1, -0.05) is 0 Å². The average molecular weight is 436 g/mol. The van der Waals surface area contributed by atoms with Gasteiger partial charge in [0.15, 0.2) is 0 Å². The summed E-state index contributed by atoms with van der Waals surface area (Å²) in [6.45, 7) is 3.58. The first kappa shape index (κ1) is 19.6. The fraction of sp³-hybridized carbons (Fsp3) is 0.350. The van der Waals surface area contributed by atoms with E-state index in [9.17, 15) is 10.4 Å². The van der Waals surface area contributed by atoms with Gasteiger partial charge in [0.1, 0.15) is 5.54 Å². The number of anilines is 2. The van der Waals surface area contributed by atoms with Crippen molar-refractivity contribution in [1.82, 2.24) is 34.8 Å². The Hall–Kier alpha value is -3.33. The summed E-state index contributed by atoms with van der Waals surface area (Å²) in [4.78, 5) is 9.38. The summed E-state index contributed by atoms with van der Waals surface area (Å²) in [5, 5.41) is 36.0. The average Bonchev–Trinajstić information content (AvgIpc) is 3.44. The number of nitrogens with zero attached hydrogens (tertiary/aromatic N) is 7. The monoisotopic (exact) mass is 435 g/mol. The van der Waals surface area contributed by atoms with Gasteiger partial charge in [0.2, 0.25) is 5.95 Å². The molecule has 1 aliphatic rings. The lowest BCUT2D eigenvalue weighted by Crippen LogP contribution is -2.60. The van der Waals surface area contributed by atoms with E-state index in [2.05, 4.69) is 31.9 Å². The van der Waals surface area contributed by atoms with Crippen molar-refractivity contribution in [3.8, 4) is 17.3 Å². The Bertz CT molecular complexity index is 1260. The Labute approximate surface area is 182 Å². The topological polar surface area (TPSA) is 130 Å². The van der Waals surface area contributed by atoms with Crippen LogP contribution in [0.1, 0.15) is 13.3 Å². The number of nitriles is 1. The highest BCUT2D eigenvalue weighted by Gasteiger charge is 2.39.